The Morgan fingerprint density at radius 1 is 0.871 bits per heavy atom. The minimum atomic E-state index is 0.0291. The molecule has 0 aliphatic heterocycles. The summed E-state index contributed by atoms with van der Waals surface area (Å²) in [7, 11) is 0. The van der Waals surface area contributed by atoms with Gasteiger partial charge < -0.3 is 0 Å². The largest absolute Gasteiger partial charge is 0.235 e. The first-order valence-electron chi connectivity index (χ1n) is 10.6. The number of thiophene rings is 1. The third-order valence-corrected chi connectivity index (χ3v) is 9.49. The molecule has 6 rings (SSSR count). The Balaban J connectivity index is 1.70. The van der Waals surface area contributed by atoms with Crippen LogP contribution in [0.15, 0.2) is 48.8 Å². The van der Waals surface area contributed by atoms with Crippen LogP contribution < -0.4 is 0 Å². The molecular formula is C27H23ClN2S. The third kappa shape index (κ3) is 2.34. The van der Waals surface area contributed by atoms with E-state index in [1.54, 1.807) is 17.7 Å². The van der Waals surface area contributed by atoms with Gasteiger partial charge in [-0.15, -0.1) is 11.3 Å². The molecule has 0 spiro atoms. The average molecular weight is 443 g/mol. The molecule has 3 aromatic carbocycles. The summed E-state index contributed by atoms with van der Waals surface area (Å²) < 4.78 is 2.32. The van der Waals surface area contributed by atoms with Crippen LogP contribution in [0.2, 0.25) is 5.02 Å². The number of aromatic nitrogens is 2. The number of benzene rings is 3. The van der Waals surface area contributed by atoms with Gasteiger partial charge in [0, 0.05) is 20.7 Å². The second kappa shape index (κ2) is 6.05. The topological polar surface area (TPSA) is 25.8 Å². The number of rotatable bonds is 1. The summed E-state index contributed by atoms with van der Waals surface area (Å²) in [6, 6.07) is 15.4. The van der Waals surface area contributed by atoms with Crippen molar-refractivity contribution in [1.82, 2.24) is 9.97 Å². The molecule has 0 unspecified atom stereocenters. The zero-order valence-corrected chi connectivity index (χ0v) is 19.9. The maximum atomic E-state index is 6.41. The molecule has 0 bridgehead atoms. The van der Waals surface area contributed by atoms with E-state index >= 15 is 0 Å². The van der Waals surface area contributed by atoms with E-state index in [9.17, 15) is 0 Å². The van der Waals surface area contributed by atoms with Crippen molar-refractivity contribution < 1.29 is 0 Å². The van der Waals surface area contributed by atoms with Gasteiger partial charge in [0.15, 0.2) is 0 Å². The highest BCUT2D eigenvalue weighted by molar-refractivity contribution is 7.26. The molecule has 1 aliphatic carbocycles. The standard InChI is InChI=1S/C27H23ClN2S/c1-14-20(28)10-9-17-23-25(31-24(14)17)22(29-13-30-23)16-11-15-7-6-8-18-21(15)19(12-16)27(4,5)26(18,2)3/h6-13H,1-5H3. The second-order valence-corrected chi connectivity index (χ2v) is 11.2. The molecule has 0 fully saturated rings. The van der Waals surface area contributed by atoms with Crippen LogP contribution in [0.4, 0.5) is 0 Å². The lowest BCUT2D eigenvalue weighted by Gasteiger charge is -2.37. The van der Waals surface area contributed by atoms with E-state index in [0.29, 0.717) is 0 Å². The van der Waals surface area contributed by atoms with E-state index in [-0.39, 0.29) is 10.8 Å². The fourth-order valence-electron chi connectivity index (χ4n) is 5.21. The Hall–Kier alpha value is -2.49. The molecule has 0 radical (unpaired) electrons. The van der Waals surface area contributed by atoms with Gasteiger partial charge in [-0.05, 0) is 69.5 Å². The molecule has 0 saturated carbocycles. The predicted molar refractivity (Wildman–Crippen MR) is 134 cm³/mol. The van der Waals surface area contributed by atoms with Crippen molar-refractivity contribution in [3.05, 3.63) is 70.5 Å². The van der Waals surface area contributed by atoms with E-state index in [0.717, 1.165) is 37.4 Å². The van der Waals surface area contributed by atoms with E-state index in [1.165, 1.54) is 26.6 Å². The second-order valence-electron chi connectivity index (χ2n) is 9.73. The molecule has 5 aromatic rings. The fourth-order valence-corrected chi connectivity index (χ4v) is 6.69. The molecular weight excluding hydrogens is 420 g/mol. The highest BCUT2D eigenvalue weighted by atomic mass is 35.5. The van der Waals surface area contributed by atoms with Crippen molar-refractivity contribution >= 4 is 54.0 Å². The summed E-state index contributed by atoms with van der Waals surface area (Å²) in [5.74, 6) is 0. The lowest BCUT2D eigenvalue weighted by molar-refractivity contribution is 0.322. The molecule has 0 N–H and O–H groups in total. The van der Waals surface area contributed by atoms with Gasteiger partial charge >= 0.3 is 0 Å². The van der Waals surface area contributed by atoms with Gasteiger partial charge in [0.2, 0.25) is 0 Å². The first-order valence-corrected chi connectivity index (χ1v) is 11.8. The van der Waals surface area contributed by atoms with Crippen LogP contribution >= 0.6 is 22.9 Å². The van der Waals surface area contributed by atoms with Gasteiger partial charge in [-0.25, -0.2) is 9.97 Å². The number of fused-ring (bicyclic) bond motifs is 3. The Morgan fingerprint density at radius 2 is 1.65 bits per heavy atom. The van der Waals surface area contributed by atoms with Gasteiger partial charge in [-0.1, -0.05) is 57.5 Å². The molecule has 4 heteroatoms. The molecule has 2 nitrogen and oxygen atoms in total. The number of nitrogens with zero attached hydrogens (tertiary/aromatic N) is 2. The molecule has 0 atom stereocenters. The van der Waals surface area contributed by atoms with Crippen molar-refractivity contribution in [1.29, 1.82) is 0 Å². The Bertz CT molecular complexity index is 1560. The molecule has 2 heterocycles. The average Bonchev–Trinajstić information content (AvgIpc) is 3.20. The zero-order chi connectivity index (χ0) is 21.7. The maximum absolute atomic E-state index is 6.41. The van der Waals surface area contributed by atoms with Crippen molar-refractivity contribution in [2.24, 2.45) is 0 Å². The summed E-state index contributed by atoms with van der Waals surface area (Å²) in [5, 5.41) is 4.64. The number of hydrogen-bond acceptors (Lipinski definition) is 3. The first kappa shape index (κ1) is 19.2. The minimum Gasteiger partial charge on any atom is -0.235 e. The molecule has 31 heavy (non-hydrogen) atoms. The molecule has 154 valence electrons. The van der Waals surface area contributed by atoms with Crippen molar-refractivity contribution in [3.8, 4) is 11.3 Å². The first-order chi connectivity index (χ1) is 14.7. The Kier molecular flexibility index (Phi) is 3.75. The van der Waals surface area contributed by atoms with Crippen LogP contribution in [0.25, 0.3) is 42.3 Å². The van der Waals surface area contributed by atoms with Gasteiger partial charge in [0.05, 0.1) is 15.9 Å². The minimum absolute atomic E-state index is 0.0291. The van der Waals surface area contributed by atoms with Crippen LogP contribution in [0, 0.1) is 6.92 Å². The quantitative estimate of drug-likeness (QED) is 0.261. The number of hydrogen-bond donors (Lipinski definition) is 0. The fraction of sp³-hybridized carbons (Fsp3) is 0.259. The third-order valence-electron chi connectivity index (χ3n) is 7.76. The zero-order valence-electron chi connectivity index (χ0n) is 18.3. The summed E-state index contributed by atoms with van der Waals surface area (Å²) in [6.45, 7) is 11.5. The lowest BCUT2D eigenvalue weighted by atomic mass is 9.66. The van der Waals surface area contributed by atoms with Gasteiger partial charge in [0.25, 0.3) is 0 Å². The SMILES string of the molecule is Cc1c(Cl)ccc2c1sc1c(-c3cc4c5c(cccc5c3)C(C)(C)C4(C)C)ncnc12. The smallest absolute Gasteiger partial charge is 0.116 e. The van der Waals surface area contributed by atoms with Crippen LogP contribution in [0.3, 0.4) is 0 Å². The molecule has 0 saturated heterocycles. The Labute approximate surface area is 190 Å². The number of halogens is 1. The van der Waals surface area contributed by atoms with Gasteiger partial charge in [-0.3, -0.25) is 0 Å². The molecule has 0 amide bonds. The van der Waals surface area contributed by atoms with Crippen LogP contribution in [-0.4, -0.2) is 9.97 Å². The normalized spacial score (nSPS) is 16.6. The van der Waals surface area contributed by atoms with Gasteiger partial charge in [-0.2, -0.15) is 0 Å². The van der Waals surface area contributed by atoms with Crippen molar-refractivity contribution in [2.45, 2.75) is 45.4 Å². The monoisotopic (exact) mass is 442 g/mol. The highest BCUT2D eigenvalue weighted by Crippen LogP contribution is 2.55. The van der Waals surface area contributed by atoms with Crippen molar-refractivity contribution in [3.63, 3.8) is 0 Å². The van der Waals surface area contributed by atoms with E-state index < -0.39 is 0 Å². The molecule has 2 aromatic heterocycles. The summed E-state index contributed by atoms with van der Waals surface area (Å²) >= 11 is 8.16. The summed E-state index contributed by atoms with van der Waals surface area (Å²) in [5.41, 5.74) is 7.23. The highest BCUT2D eigenvalue weighted by Gasteiger charge is 2.47. The van der Waals surface area contributed by atoms with Crippen molar-refractivity contribution in [2.75, 3.05) is 0 Å². The maximum Gasteiger partial charge on any atom is 0.116 e. The Morgan fingerprint density at radius 3 is 2.45 bits per heavy atom. The molecule has 1 aliphatic rings. The summed E-state index contributed by atoms with van der Waals surface area (Å²) in [4.78, 5) is 9.42. The van der Waals surface area contributed by atoms with E-state index in [4.69, 9.17) is 16.6 Å². The lowest BCUT2D eigenvalue weighted by Crippen LogP contribution is -2.35. The van der Waals surface area contributed by atoms with E-state index in [1.807, 2.05) is 6.07 Å². The van der Waals surface area contributed by atoms with Crippen LogP contribution in [0.1, 0.15) is 44.4 Å². The number of aryl methyl sites for hydroxylation is 1. The van der Waals surface area contributed by atoms with E-state index in [2.05, 4.69) is 76.0 Å². The van der Waals surface area contributed by atoms with Crippen LogP contribution in [0.5, 0.6) is 0 Å². The van der Waals surface area contributed by atoms with Crippen LogP contribution in [-0.2, 0) is 10.8 Å². The van der Waals surface area contributed by atoms with Gasteiger partial charge in [0.1, 0.15) is 6.33 Å². The summed E-state index contributed by atoms with van der Waals surface area (Å²) in [6.07, 6.45) is 1.70. The predicted octanol–water partition coefficient (Wildman–Crippen LogP) is 8.20.